The summed E-state index contributed by atoms with van der Waals surface area (Å²) in [7, 11) is 0. The van der Waals surface area contributed by atoms with E-state index in [1.807, 2.05) is 34.8 Å². The molecule has 2 aromatic heterocycles. The van der Waals surface area contributed by atoms with E-state index in [4.69, 9.17) is 5.10 Å². The number of aromatic nitrogens is 4. The zero-order valence-electron chi connectivity index (χ0n) is 11.2. The molecule has 1 unspecified atom stereocenters. The maximum absolute atomic E-state index is 4.73. The van der Waals surface area contributed by atoms with Crippen LogP contribution >= 0.6 is 11.3 Å². The molecular weight excluding hydrogens is 270 g/mol. The van der Waals surface area contributed by atoms with Gasteiger partial charge in [0.15, 0.2) is 5.82 Å². The van der Waals surface area contributed by atoms with Gasteiger partial charge in [-0.1, -0.05) is 48.6 Å². The van der Waals surface area contributed by atoms with Crippen LogP contribution in [0.25, 0.3) is 16.3 Å². The Bertz CT molecular complexity index is 728. The molecule has 4 rings (SSSR count). The van der Waals surface area contributed by atoms with Gasteiger partial charge in [0.1, 0.15) is 5.01 Å². The highest BCUT2D eigenvalue weighted by molar-refractivity contribution is 7.16. The van der Waals surface area contributed by atoms with Crippen molar-refractivity contribution in [1.82, 2.24) is 25.1 Å². The third-order valence-electron chi connectivity index (χ3n) is 3.95. The molecule has 20 heavy (non-hydrogen) atoms. The SMILES string of the molecule is CC(c1nn2c(-c3ccccc3)nnc2s1)C1CNC1. The average Bonchev–Trinajstić information content (AvgIpc) is 2.97. The monoisotopic (exact) mass is 285 g/mol. The molecule has 1 saturated heterocycles. The molecule has 3 heterocycles. The highest BCUT2D eigenvalue weighted by Gasteiger charge is 2.28. The van der Waals surface area contributed by atoms with Gasteiger partial charge in [-0.05, 0) is 19.0 Å². The van der Waals surface area contributed by atoms with Crippen LogP contribution in [0.15, 0.2) is 30.3 Å². The largest absolute Gasteiger partial charge is 0.316 e. The molecule has 5 nitrogen and oxygen atoms in total. The van der Waals surface area contributed by atoms with E-state index in [1.54, 1.807) is 11.3 Å². The van der Waals surface area contributed by atoms with Gasteiger partial charge in [-0.2, -0.15) is 9.61 Å². The average molecular weight is 285 g/mol. The highest BCUT2D eigenvalue weighted by Crippen LogP contribution is 2.31. The van der Waals surface area contributed by atoms with Crippen molar-refractivity contribution in [3.8, 4) is 11.4 Å². The minimum absolute atomic E-state index is 0.478. The molecular formula is C14H15N5S. The molecule has 6 heteroatoms. The van der Waals surface area contributed by atoms with Crippen LogP contribution < -0.4 is 5.32 Å². The number of benzene rings is 1. The van der Waals surface area contributed by atoms with Crippen molar-refractivity contribution < 1.29 is 0 Å². The third kappa shape index (κ3) is 1.83. The Morgan fingerprint density at radius 2 is 2.05 bits per heavy atom. The first-order valence-corrected chi connectivity index (χ1v) is 7.63. The molecule has 1 aromatic carbocycles. The Morgan fingerprint density at radius 1 is 1.25 bits per heavy atom. The van der Waals surface area contributed by atoms with Gasteiger partial charge in [0.2, 0.25) is 4.96 Å². The number of hydrogen-bond acceptors (Lipinski definition) is 5. The second kappa shape index (κ2) is 4.64. The van der Waals surface area contributed by atoms with Gasteiger partial charge in [0.05, 0.1) is 0 Å². The van der Waals surface area contributed by atoms with Crippen molar-refractivity contribution in [2.75, 3.05) is 13.1 Å². The third-order valence-corrected chi connectivity index (χ3v) is 5.05. The standard InChI is InChI=1S/C14H15N5S/c1-9(11-7-15-8-11)13-18-19-12(16-17-14(19)20-13)10-5-3-2-4-6-10/h2-6,9,11,15H,7-8H2,1H3. The summed E-state index contributed by atoms with van der Waals surface area (Å²) in [5.74, 6) is 1.99. The maximum atomic E-state index is 4.73. The van der Waals surface area contributed by atoms with Gasteiger partial charge in [-0.3, -0.25) is 0 Å². The Labute approximate surface area is 120 Å². The maximum Gasteiger partial charge on any atom is 0.234 e. The number of hydrogen-bond donors (Lipinski definition) is 1. The summed E-state index contributed by atoms with van der Waals surface area (Å²) in [6, 6.07) is 10.1. The summed E-state index contributed by atoms with van der Waals surface area (Å²) >= 11 is 1.65. The number of rotatable bonds is 3. The fourth-order valence-corrected chi connectivity index (χ4v) is 3.43. The zero-order valence-corrected chi connectivity index (χ0v) is 12.0. The quantitative estimate of drug-likeness (QED) is 0.801. The minimum Gasteiger partial charge on any atom is -0.316 e. The van der Waals surface area contributed by atoms with Crippen molar-refractivity contribution in [3.63, 3.8) is 0 Å². The Morgan fingerprint density at radius 3 is 2.75 bits per heavy atom. The van der Waals surface area contributed by atoms with Crippen molar-refractivity contribution in [2.45, 2.75) is 12.8 Å². The summed E-state index contributed by atoms with van der Waals surface area (Å²) in [5, 5.41) is 17.7. The normalized spacial score (nSPS) is 17.2. The van der Waals surface area contributed by atoms with Crippen molar-refractivity contribution in [3.05, 3.63) is 35.3 Å². The lowest BCUT2D eigenvalue weighted by atomic mass is 9.90. The Balaban J connectivity index is 1.75. The molecule has 1 aliphatic heterocycles. The summed E-state index contributed by atoms with van der Waals surface area (Å²) in [6.07, 6.45) is 0. The summed E-state index contributed by atoms with van der Waals surface area (Å²) in [6.45, 7) is 4.43. The van der Waals surface area contributed by atoms with Gasteiger partial charge in [-0.15, -0.1) is 10.2 Å². The van der Waals surface area contributed by atoms with Crippen LogP contribution in [0.2, 0.25) is 0 Å². The number of nitrogens with one attached hydrogen (secondary N) is 1. The second-order valence-corrected chi connectivity index (χ2v) is 6.22. The molecule has 3 aromatic rings. The second-order valence-electron chi connectivity index (χ2n) is 5.23. The van der Waals surface area contributed by atoms with Gasteiger partial charge < -0.3 is 5.32 Å². The van der Waals surface area contributed by atoms with Crippen LogP contribution in [0, 0.1) is 5.92 Å². The molecule has 1 aliphatic rings. The Kier molecular flexibility index (Phi) is 2.78. The van der Waals surface area contributed by atoms with Gasteiger partial charge >= 0.3 is 0 Å². The first-order chi connectivity index (χ1) is 9.83. The fourth-order valence-electron chi connectivity index (χ4n) is 2.45. The molecule has 1 N–H and O–H groups in total. The summed E-state index contributed by atoms with van der Waals surface area (Å²) in [4.78, 5) is 0.873. The predicted octanol–water partition coefficient (Wildman–Crippen LogP) is 2.18. The van der Waals surface area contributed by atoms with E-state index in [-0.39, 0.29) is 0 Å². The summed E-state index contributed by atoms with van der Waals surface area (Å²) < 4.78 is 1.87. The van der Waals surface area contributed by atoms with Crippen LogP contribution in [-0.4, -0.2) is 32.9 Å². The van der Waals surface area contributed by atoms with Crippen LogP contribution in [0.5, 0.6) is 0 Å². The van der Waals surface area contributed by atoms with Crippen molar-refractivity contribution in [1.29, 1.82) is 0 Å². The number of nitrogens with zero attached hydrogens (tertiary/aromatic N) is 4. The zero-order chi connectivity index (χ0) is 13.5. The lowest BCUT2D eigenvalue weighted by Crippen LogP contribution is -2.44. The van der Waals surface area contributed by atoms with Crippen molar-refractivity contribution in [2.24, 2.45) is 5.92 Å². The summed E-state index contributed by atoms with van der Waals surface area (Å²) in [5.41, 5.74) is 1.05. The van der Waals surface area contributed by atoms with E-state index < -0.39 is 0 Å². The van der Waals surface area contributed by atoms with Gasteiger partial charge in [0, 0.05) is 11.5 Å². The first kappa shape index (κ1) is 12.0. The molecule has 1 atom stereocenters. The minimum atomic E-state index is 0.478. The Hall–Kier alpha value is -1.79. The van der Waals surface area contributed by atoms with Crippen LogP contribution in [0.4, 0.5) is 0 Å². The van der Waals surface area contributed by atoms with E-state index in [9.17, 15) is 0 Å². The van der Waals surface area contributed by atoms with Gasteiger partial charge in [0.25, 0.3) is 0 Å². The molecule has 0 amide bonds. The van der Waals surface area contributed by atoms with E-state index in [2.05, 4.69) is 22.4 Å². The van der Waals surface area contributed by atoms with E-state index in [0.717, 1.165) is 34.4 Å². The lowest BCUT2D eigenvalue weighted by Gasteiger charge is -2.31. The smallest absolute Gasteiger partial charge is 0.234 e. The van der Waals surface area contributed by atoms with E-state index in [0.29, 0.717) is 11.8 Å². The van der Waals surface area contributed by atoms with Crippen LogP contribution in [0.1, 0.15) is 17.8 Å². The van der Waals surface area contributed by atoms with Crippen molar-refractivity contribution >= 4 is 16.3 Å². The molecule has 0 aliphatic carbocycles. The van der Waals surface area contributed by atoms with Gasteiger partial charge in [-0.25, -0.2) is 0 Å². The molecule has 0 bridgehead atoms. The first-order valence-electron chi connectivity index (χ1n) is 6.81. The predicted molar refractivity (Wildman–Crippen MR) is 78.9 cm³/mol. The van der Waals surface area contributed by atoms with Crippen LogP contribution in [-0.2, 0) is 0 Å². The molecule has 0 spiro atoms. The van der Waals surface area contributed by atoms with E-state index >= 15 is 0 Å². The number of fused-ring (bicyclic) bond motifs is 1. The van der Waals surface area contributed by atoms with E-state index in [1.165, 1.54) is 0 Å². The van der Waals surface area contributed by atoms with Crippen LogP contribution in [0.3, 0.4) is 0 Å². The molecule has 0 saturated carbocycles. The fraction of sp³-hybridized carbons (Fsp3) is 0.357. The molecule has 0 radical (unpaired) electrons. The lowest BCUT2D eigenvalue weighted by molar-refractivity contribution is 0.301. The highest BCUT2D eigenvalue weighted by atomic mass is 32.1. The molecule has 1 fully saturated rings. The molecule has 102 valence electrons. The topological polar surface area (TPSA) is 55.1 Å².